The average molecular weight is 613 g/mol. The fourth-order valence-corrected chi connectivity index (χ4v) is 6.40. The third-order valence-electron chi connectivity index (χ3n) is 9.33. The Labute approximate surface area is 267 Å². The molecule has 2 N–H and O–H groups in total. The summed E-state index contributed by atoms with van der Waals surface area (Å²) in [7, 11) is 0. The zero-order chi connectivity index (χ0) is 32.3. The van der Waals surface area contributed by atoms with Crippen LogP contribution in [0, 0.1) is 12.8 Å². The van der Waals surface area contributed by atoms with E-state index >= 15 is 0 Å². The highest BCUT2D eigenvalue weighted by molar-refractivity contribution is 5.92. The highest BCUT2D eigenvalue weighted by Gasteiger charge is 2.23. The second-order valence-corrected chi connectivity index (χ2v) is 12.5. The summed E-state index contributed by atoms with van der Waals surface area (Å²) in [5, 5.41) is 20.5. The summed E-state index contributed by atoms with van der Waals surface area (Å²) in [6.45, 7) is 10.3. The fourth-order valence-electron chi connectivity index (χ4n) is 6.40. The first-order valence-electron chi connectivity index (χ1n) is 16.3. The second kappa shape index (κ2) is 16.5. The van der Waals surface area contributed by atoms with Crippen LogP contribution in [-0.4, -0.2) is 48.6 Å². The van der Waals surface area contributed by atoms with Crippen molar-refractivity contribution in [2.24, 2.45) is 5.92 Å². The third kappa shape index (κ3) is 8.93. The van der Waals surface area contributed by atoms with Gasteiger partial charge in [-0.15, -0.1) is 0 Å². The summed E-state index contributed by atoms with van der Waals surface area (Å²) in [6, 6.07) is 19.4. The number of carbonyl (C=O) groups excluding carboxylic acids is 2. The molecule has 6 nitrogen and oxygen atoms in total. The number of rotatable bonds is 15. The van der Waals surface area contributed by atoms with Crippen molar-refractivity contribution in [1.29, 1.82) is 0 Å². The van der Waals surface area contributed by atoms with Gasteiger partial charge in [0.2, 0.25) is 0 Å². The SMILES string of the molecule is C=C(CO)C(=O)OCC(COC(=O)C(=C)CO)c1ccc2c(C)c(-c3ccc(C4CCC(CCCCC)CC4)cc3)ccc2c1. The molecule has 1 aliphatic rings. The molecule has 0 bridgehead atoms. The number of hydrogen-bond acceptors (Lipinski definition) is 6. The molecule has 0 aliphatic heterocycles. The van der Waals surface area contributed by atoms with Crippen LogP contribution >= 0.6 is 0 Å². The maximum atomic E-state index is 12.2. The molecule has 6 heteroatoms. The summed E-state index contributed by atoms with van der Waals surface area (Å²) >= 11 is 0. The van der Waals surface area contributed by atoms with Crippen molar-refractivity contribution in [3.05, 3.63) is 95.6 Å². The number of aliphatic hydroxyl groups excluding tert-OH is 2. The van der Waals surface area contributed by atoms with Crippen molar-refractivity contribution in [2.45, 2.75) is 77.0 Å². The number of unbranched alkanes of at least 4 members (excludes halogenated alkanes) is 2. The number of aryl methyl sites for hydroxylation is 1. The van der Waals surface area contributed by atoms with Gasteiger partial charge in [-0.1, -0.05) is 100 Å². The van der Waals surface area contributed by atoms with Gasteiger partial charge in [0, 0.05) is 0 Å². The smallest absolute Gasteiger partial charge is 0.335 e. The Bertz CT molecular complexity index is 1450. The van der Waals surface area contributed by atoms with Gasteiger partial charge in [0.1, 0.15) is 13.2 Å². The summed E-state index contributed by atoms with van der Waals surface area (Å²) in [4.78, 5) is 24.3. The zero-order valence-corrected chi connectivity index (χ0v) is 26.9. The number of aliphatic hydroxyl groups is 2. The van der Waals surface area contributed by atoms with E-state index in [4.69, 9.17) is 9.47 Å². The van der Waals surface area contributed by atoms with E-state index in [1.54, 1.807) is 0 Å². The number of benzene rings is 3. The zero-order valence-electron chi connectivity index (χ0n) is 26.9. The van der Waals surface area contributed by atoms with Crippen LogP contribution in [0.1, 0.15) is 86.8 Å². The molecule has 0 heterocycles. The van der Waals surface area contributed by atoms with Crippen LogP contribution in [0.4, 0.5) is 0 Å². The van der Waals surface area contributed by atoms with Crippen LogP contribution in [-0.2, 0) is 19.1 Å². The fraction of sp³-hybridized carbons (Fsp3) is 0.436. The van der Waals surface area contributed by atoms with Gasteiger partial charge in [-0.05, 0) is 83.0 Å². The van der Waals surface area contributed by atoms with Gasteiger partial charge >= 0.3 is 11.9 Å². The summed E-state index contributed by atoms with van der Waals surface area (Å²) in [6.07, 6.45) is 10.7. The molecule has 0 spiro atoms. The number of esters is 2. The predicted molar refractivity (Wildman–Crippen MR) is 180 cm³/mol. The number of carbonyl (C=O) groups is 2. The molecule has 0 unspecified atom stereocenters. The van der Waals surface area contributed by atoms with Crippen molar-refractivity contribution in [1.82, 2.24) is 0 Å². The van der Waals surface area contributed by atoms with Crippen molar-refractivity contribution in [3.63, 3.8) is 0 Å². The van der Waals surface area contributed by atoms with Crippen LogP contribution in [0.5, 0.6) is 0 Å². The summed E-state index contributed by atoms with van der Waals surface area (Å²) in [5.41, 5.74) is 5.72. The van der Waals surface area contributed by atoms with Crippen molar-refractivity contribution >= 4 is 22.7 Å². The van der Waals surface area contributed by atoms with E-state index in [9.17, 15) is 19.8 Å². The minimum atomic E-state index is -0.712. The van der Waals surface area contributed by atoms with Gasteiger partial charge in [-0.25, -0.2) is 9.59 Å². The van der Waals surface area contributed by atoms with Gasteiger partial charge in [0.05, 0.1) is 30.3 Å². The maximum absolute atomic E-state index is 12.2. The normalized spacial score (nSPS) is 16.5. The molecule has 3 aromatic carbocycles. The van der Waals surface area contributed by atoms with E-state index in [2.05, 4.69) is 63.4 Å². The summed E-state index contributed by atoms with van der Waals surface area (Å²) < 4.78 is 10.7. The lowest BCUT2D eigenvalue weighted by Crippen LogP contribution is -2.21. The lowest BCUT2D eigenvalue weighted by molar-refractivity contribution is -0.142. The van der Waals surface area contributed by atoms with Gasteiger partial charge in [-0.3, -0.25) is 0 Å². The molecule has 0 aromatic heterocycles. The van der Waals surface area contributed by atoms with Crippen molar-refractivity contribution in [2.75, 3.05) is 26.4 Å². The Hall–Kier alpha value is -3.74. The number of ether oxygens (including phenoxy) is 2. The van der Waals surface area contributed by atoms with Gasteiger partial charge in [-0.2, -0.15) is 0 Å². The quantitative estimate of drug-likeness (QED) is 0.103. The van der Waals surface area contributed by atoms with Crippen LogP contribution in [0.2, 0.25) is 0 Å². The first-order chi connectivity index (χ1) is 21.7. The first-order valence-corrected chi connectivity index (χ1v) is 16.3. The summed E-state index contributed by atoms with van der Waals surface area (Å²) in [5.74, 6) is -0.329. The molecule has 1 aliphatic carbocycles. The largest absolute Gasteiger partial charge is 0.461 e. The third-order valence-corrected chi connectivity index (χ3v) is 9.33. The highest BCUT2D eigenvalue weighted by Crippen LogP contribution is 2.39. The van der Waals surface area contributed by atoms with E-state index < -0.39 is 31.1 Å². The molecule has 45 heavy (non-hydrogen) atoms. The van der Waals surface area contributed by atoms with E-state index in [1.807, 2.05) is 18.2 Å². The van der Waals surface area contributed by atoms with Gasteiger partial charge < -0.3 is 19.7 Å². The predicted octanol–water partition coefficient (Wildman–Crippen LogP) is 7.94. The van der Waals surface area contributed by atoms with Crippen LogP contribution in [0.3, 0.4) is 0 Å². The van der Waals surface area contributed by atoms with E-state index in [-0.39, 0.29) is 24.4 Å². The van der Waals surface area contributed by atoms with E-state index in [1.165, 1.54) is 73.6 Å². The van der Waals surface area contributed by atoms with E-state index in [0.717, 1.165) is 22.3 Å². The molecule has 4 rings (SSSR count). The molecule has 3 aromatic rings. The molecular weight excluding hydrogens is 564 g/mol. The molecule has 1 fully saturated rings. The Morgan fingerprint density at radius 2 is 1.47 bits per heavy atom. The molecule has 240 valence electrons. The molecular formula is C39H48O6. The first kappa shape index (κ1) is 34.1. The van der Waals surface area contributed by atoms with Crippen molar-refractivity contribution < 1.29 is 29.3 Å². The minimum Gasteiger partial charge on any atom is -0.461 e. The topological polar surface area (TPSA) is 93.1 Å². The van der Waals surface area contributed by atoms with Crippen molar-refractivity contribution in [3.8, 4) is 11.1 Å². The molecule has 0 amide bonds. The molecule has 0 saturated heterocycles. The Balaban J connectivity index is 1.49. The lowest BCUT2D eigenvalue weighted by atomic mass is 9.77. The van der Waals surface area contributed by atoms with Crippen LogP contribution < -0.4 is 0 Å². The minimum absolute atomic E-state index is 0.0562. The Morgan fingerprint density at radius 1 is 0.844 bits per heavy atom. The highest BCUT2D eigenvalue weighted by atomic mass is 16.5. The van der Waals surface area contributed by atoms with Crippen LogP contribution in [0.25, 0.3) is 21.9 Å². The monoisotopic (exact) mass is 612 g/mol. The Morgan fingerprint density at radius 3 is 2.04 bits per heavy atom. The number of fused-ring (bicyclic) bond motifs is 1. The molecule has 0 radical (unpaired) electrons. The second-order valence-electron chi connectivity index (χ2n) is 12.5. The molecule has 0 atom stereocenters. The van der Waals surface area contributed by atoms with E-state index in [0.29, 0.717) is 5.92 Å². The van der Waals surface area contributed by atoms with Gasteiger partial charge in [0.15, 0.2) is 0 Å². The average Bonchev–Trinajstić information content (AvgIpc) is 3.07. The Kier molecular flexibility index (Phi) is 12.5. The maximum Gasteiger partial charge on any atom is 0.335 e. The standard InChI is InChI=1S/C39H48O6/c1-5-6-7-8-29-9-11-30(12-10-29)31-13-15-32(16-14-31)36-20-18-34-21-33(17-19-37(34)28(36)4)35(24-44-38(42)26(2)22-40)25-45-39(43)27(3)23-41/h13-21,29-30,35,40-41H,2-3,5-12,22-25H2,1,4H3. The lowest BCUT2D eigenvalue weighted by Gasteiger charge is -2.29. The van der Waals surface area contributed by atoms with Gasteiger partial charge in [0.25, 0.3) is 0 Å². The number of hydrogen-bond donors (Lipinski definition) is 2. The van der Waals surface area contributed by atoms with Crippen LogP contribution in [0.15, 0.2) is 78.9 Å². The molecule has 1 saturated carbocycles.